The van der Waals surface area contributed by atoms with Gasteiger partial charge in [0.2, 0.25) is 0 Å². The smallest absolute Gasteiger partial charge is 0.0604 e. The van der Waals surface area contributed by atoms with Crippen LogP contribution in [0.25, 0.3) is 0 Å². The Hall–Kier alpha value is -0.0400. The molecule has 1 rings (SSSR count). The first-order valence-electron chi connectivity index (χ1n) is 6.99. The van der Waals surface area contributed by atoms with Crippen LogP contribution in [0.4, 0.5) is 0 Å². The van der Waals surface area contributed by atoms with Crippen LogP contribution in [0.15, 0.2) is 0 Å². The fourth-order valence-electron chi connectivity index (χ4n) is 2.92. The second-order valence-corrected chi connectivity index (χ2v) is 6.61. The molecule has 1 fully saturated rings. The Labute approximate surface area is 102 Å². The summed E-state index contributed by atoms with van der Waals surface area (Å²) in [7, 11) is 0. The summed E-state index contributed by atoms with van der Waals surface area (Å²) in [6.07, 6.45) is 6.30. The van der Waals surface area contributed by atoms with Gasteiger partial charge in [-0.05, 0) is 50.9 Å². The van der Waals surface area contributed by atoms with Crippen molar-refractivity contribution in [1.82, 2.24) is 0 Å². The van der Waals surface area contributed by atoms with E-state index in [1.807, 2.05) is 0 Å². The lowest BCUT2D eigenvalue weighted by Gasteiger charge is -2.43. The minimum absolute atomic E-state index is 0.324. The Balaban J connectivity index is 2.55. The molecule has 0 radical (unpaired) electrons. The largest absolute Gasteiger partial charge is 0.375 e. The third-order valence-electron chi connectivity index (χ3n) is 4.59. The molecular formula is C15H30O. The van der Waals surface area contributed by atoms with Gasteiger partial charge < -0.3 is 4.74 Å². The number of hydrogen-bond donors (Lipinski definition) is 0. The molecular weight excluding hydrogens is 196 g/mol. The van der Waals surface area contributed by atoms with E-state index in [4.69, 9.17) is 4.74 Å². The fourth-order valence-corrected chi connectivity index (χ4v) is 2.92. The molecule has 16 heavy (non-hydrogen) atoms. The van der Waals surface area contributed by atoms with Gasteiger partial charge >= 0.3 is 0 Å². The Bertz CT molecular complexity index is 199. The fraction of sp³-hybridized carbons (Fsp3) is 1.00. The molecule has 0 amide bonds. The predicted molar refractivity (Wildman–Crippen MR) is 70.6 cm³/mol. The highest BCUT2D eigenvalue weighted by atomic mass is 16.5. The van der Waals surface area contributed by atoms with Crippen molar-refractivity contribution in [2.24, 2.45) is 17.3 Å². The van der Waals surface area contributed by atoms with E-state index in [9.17, 15) is 0 Å². The van der Waals surface area contributed by atoms with Crippen molar-refractivity contribution in [2.75, 3.05) is 0 Å². The van der Waals surface area contributed by atoms with E-state index in [2.05, 4.69) is 41.5 Å². The lowest BCUT2D eigenvalue weighted by molar-refractivity contribution is -0.0776. The van der Waals surface area contributed by atoms with Crippen LogP contribution >= 0.6 is 0 Å². The van der Waals surface area contributed by atoms with E-state index in [0.717, 1.165) is 11.8 Å². The Morgan fingerprint density at radius 1 is 1.00 bits per heavy atom. The van der Waals surface area contributed by atoms with Crippen molar-refractivity contribution >= 4 is 0 Å². The summed E-state index contributed by atoms with van der Waals surface area (Å²) in [4.78, 5) is 0. The van der Waals surface area contributed by atoms with E-state index in [-0.39, 0.29) is 0 Å². The molecule has 0 aromatic heterocycles. The topological polar surface area (TPSA) is 9.23 Å². The van der Waals surface area contributed by atoms with Crippen LogP contribution in [0.5, 0.6) is 0 Å². The zero-order chi connectivity index (χ0) is 12.3. The zero-order valence-electron chi connectivity index (χ0n) is 12.0. The average Bonchev–Trinajstić information content (AvgIpc) is 2.17. The SMILES string of the molecule is CC1CCC(C(C)(C)C(C)OC(C)C)CC1. The Kier molecular flexibility index (Phi) is 4.85. The van der Waals surface area contributed by atoms with E-state index in [0.29, 0.717) is 17.6 Å². The third kappa shape index (κ3) is 3.48. The molecule has 0 aromatic carbocycles. The zero-order valence-corrected chi connectivity index (χ0v) is 12.0. The van der Waals surface area contributed by atoms with Gasteiger partial charge in [-0.3, -0.25) is 0 Å². The molecule has 0 N–H and O–H groups in total. The first-order valence-corrected chi connectivity index (χ1v) is 6.99. The number of hydrogen-bond acceptors (Lipinski definition) is 1. The lowest BCUT2D eigenvalue weighted by Crippen LogP contribution is -2.39. The molecule has 1 saturated carbocycles. The van der Waals surface area contributed by atoms with Gasteiger partial charge in [0.15, 0.2) is 0 Å². The van der Waals surface area contributed by atoms with Crippen LogP contribution in [-0.2, 0) is 4.74 Å². The Morgan fingerprint density at radius 2 is 1.50 bits per heavy atom. The maximum absolute atomic E-state index is 6.00. The molecule has 1 aliphatic carbocycles. The molecule has 0 spiro atoms. The summed E-state index contributed by atoms with van der Waals surface area (Å²) >= 11 is 0. The highest BCUT2D eigenvalue weighted by molar-refractivity contribution is 4.87. The van der Waals surface area contributed by atoms with Gasteiger partial charge in [0.25, 0.3) is 0 Å². The molecule has 1 nitrogen and oxygen atoms in total. The minimum atomic E-state index is 0.324. The molecule has 0 heterocycles. The van der Waals surface area contributed by atoms with E-state index >= 15 is 0 Å². The summed E-state index contributed by atoms with van der Waals surface area (Å²) in [5.74, 6) is 1.78. The Morgan fingerprint density at radius 3 is 1.94 bits per heavy atom. The summed E-state index contributed by atoms with van der Waals surface area (Å²) in [5.41, 5.74) is 0.324. The summed E-state index contributed by atoms with van der Waals surface area (Å²) < 4.78 is 6.00. The average molecular weight is 226 g/mol. The number of rotatable bonds is 4. The van der Waals surface area contributed by atoms with Crippen molar-refractivity contribution in [3.8, 4) is 0 Å². The maximum Gasteiger partial charge on any atom is 0.0604 e. The van der Waals surface area contributed by atoms with Crippen molar-refractivity contribution in [2.45, 2.75) is 79.4 Å². The van der Waals surface area contributed by atoms with Crippen LogP contribution < -0.4 is 0 Å². The van der Waals surface area contributed by atoms with E-state index in [1.165, 1.54) is 25.7 Å². The monoisotopic (exact) mass is 226 g/mol. The van der Waals surface area contributed by atoms with Crippen LogP contribution in [0.3, 0.4) is 0 Å². The summed E-state index contributed by atoms with van der Waals surface area (Å²) in [5, 5.41) is 0. The van der Waals surface area contributed by atoms with Crippen molar-refractivity contribution < 1.29 is 4.74 Å². The van der Waals surface area contributed by atoms with Crippen LogP contribution in [-0.4, -0.2) is 12.2 Å². The molecule has 1 atom stereocenters. The summed E-state index contributed by atoms with van der Waals surface area (Å²) in [6, 6.07) is 0. The number of ether oxygens (including phenoxy) is 1. The van der Waals surface area contributed by atoms with E-state index < -0.39 is 0 Å². The van der Waals surface area contributed by atoms with Gasteiger partial charge in [-0.25, -0.2) is 0 Å². The van der Waals surface area contributed by atoms with Gasteiger partial charge in [-0.2, -0.15) is 0 Å². The van der Waals surface area contributed by atoms with Crippen molar-refractivity contribution in [3.05, 3.63) is 0 Å². The van der Waals surface area contributed by atoms with Gasteiger partial charge in [0.1, 0.15) is 0 Å². The molecule has 1 aliphatic rings. The quantitative estimate of drug-likeness (QED) is 0.678. The maximum atomic E-state index is 6.00. The standard InChI is InChI=1S/C15H30O/c1-11(2)16-13(4)15(5,6)14-9-7-12(3)8-10-14/h11-14H,7-10H2,1-6H3. The summed E-state index contributed by atoms with van der Waals surface area (Å²) in [6.45, 7) is 13.7. The second kappa shape index (κ2) is 5.53. The molecule has 1 heteroatoms. The highest BCUT2D eigenvalue weighted by Crippen LogP contribution is 2.43. The third-order valence-corrected chi connectivity index (χ3v) is 4.59. The van der Waals surface area contributed by atoms with E-state index in [1.54, 1.807) is 0 Å². The van der Waals surface area contributed by atoms with Gasteiger partial charge in [-0.15, -0.1) is 0 Å². The highest BCUT2D eigenvalue weighted by Gasteiger charge is 2.37. The molecule has 0 aliphatic heterocycles. The van der Waals surface area contributed by atoms with Crippen LogP contribution in [0.1, 0.15) is 67.2 Å². The van der Waals surface area contributed by atoms with Crippen molar-refractivity contribution in [1.29, 1.82) is 0 Å². The first-order chi connectivity index (χ1) is 7.34. The van der Waals surface area contributed by atoms with Gasteiger partial charge in [0, 0.05) is 0 Å². The minimum Gasteiger partial charge on any atom is -0.375 e. The lowest BCUT2D eigenvalue weighted by atomic mass is 9.66. The van der Waals surface area contributed by atoms with Crippen LogP contribution in [0.2, 0.25) is 0 Å². The predicted octanol–water partition coefficient (Wildman–Crippen LogP) is 4.65. The van der Waals surface area contributed by atoms with Crippen LogP contribution in [0, 0.1) is 17.3 Å². The van der Waals surface area contributed by atoms with Gasteiger partial charge in [0.05, 0.1) is 12.2 Å². The second-order valence-electron chi connectivity index (χ2n) is 6.61. The first kappa shape index (κ1) is 14.0. The molecule has 0 saturated heterocycles. The normalized spacial score (nSPS) is 29.4. The molecule has 0 aromatic rings. The molecule has 0 bridgehead atoms. The molecule has 96 valence electrons. The van der Waals surface area contributed by atoms with Gasteiger partial charge in [-0.1, -0.05) is 33.6 Å². The van der Waals surface area contributed by atoms with Crippen molar-refractivity contribution in [3.63, 3.8) is 0 Å². The molecule has 1 unspecified atom stereocenters.